The maximum absolute atomic E-state index is 11.8. The molecule has 0 bridgehead atoms. The molecule has 0 spiro atoms. The molecule has 108 valence electrons. The molecule has 0 saturated carbocycles. The van der Waals surface area contributed by atoms with Crippen molar-refractivity contribution in [3.05, 3.63) is 28.8 Å². The normalized spacial score (nSPS) is 21.9. The maximum atomic E-state index is 11.8. The van der Waals surface area contributed by atoms with Gasteiger partial charge in [-0.2, -0.15) is 0 Å². The highest BCUT2D eigenvalue weighted by atomic mass is 35.5. The van der Waals surface area contributed by atoms with Crippen LogP contribution in [-0.4, -0.2) is 31.2 Å². The number of nitrogens with two attached hydrogens (primary N) is 1. The highest BCUT2D eigenvalue weighted by Gasteiger charge is 2.36. The number of nitrogens with zero attached hydrogens (tertiary/aromatic N) is 1. The van der Waals surface area contributed by atoms with Crippen molar-refractivity contribution in [3.63, 3.8) is 0 Å². The molecule has 1 aromatic rings. The summed E-state index contributed by atoms with van der Waals surface area (Å²) in [5.74, 6) is -0.113. The van der Waals surface area contributed by atoms with Crippen LogP contribution in [0.1, 0.15) is 12.5 Å². The van der Waals surface area contributed by atoms with Gasteiger partial charge in [0.1, 0.15) is 4.99 Å². The molecule has 1 fully saturated rings. The predicted octanol–water partition coefficient (Wildman–Crippen LogP) is 2.22. The maximum Gasteiger partial charge on any atom is 0.310 e. The minimum absolute atomic E-state index is 0.141. The van der Waals surface area contributed by atoms with Crippen molar-refractivity contribution in [2.24, 2.45) is 17.6 Å². The van der Waals surface area contributed by atoms with Crippen molar-refractivity contribution in [1.82, 2.24) is 0 Å². The third-order valence-electron chi connectivity index (χ3n) is 3.68. The molecule has 0 amide bonds. The lowest BCUT2D eigenvalue weighted by molar-refractivity contribution is -0.145. The van der Waals surface area contributed by atoms with Gasteiger partial charge in [0.2, 0.25) is 0 Å². The molecule has 2 atom stereocenters. The lowest BCUT2D eigenvalue weighted by Crippen LogP contribution is -2.26. The summed E-state index contributed by atoms with van der Waals surface area (Å²) in [6.45, 7) is 3.37. The molecule has 2 N–H and O–H groups in total. The van der Waals surface area contributed by atoms with Gasteiger partial charge in [-0.1, -0.05) is 30.7 Å². The number of halogens is 1. The standard InChI is InChI=1S/C14H17ClN2O2S/c1-8-6-17(7-11(8)14(18)19-2)12-5-9(15)3-4-10(12)13(16)20/h3-5,8,11H,6-7H2,1-2H3,(H2,16,20). The second-order valence-electron chi connectivity index (χ2n) is 5.04. The zero-order valence-electron chi connectivity index (χ0n) is 11.4. The van der Waals surface area contributed by atoms with E-state index in [0.29, 0.717) is 16.6 Å². The van der Waals surface area contributed by atoms with Crippen LogP contribution in [0.4, 0.5) is 5.69 Å². The number of benzene rings is 1. The molecule has 2 rings (SSSR count). The first-order chi connectivity index (χ1) is 9.43. The van der Waals surface area contributed by atoms with Gasteiger partial charge in [-0.15, -0.1) is 0 Å². The molecule has 1 aliphatic heterocycles. The van der Waals surface area contributed by atoms with Crippen molar-refractivity contribution >= 4 is 40.5 Å². The van der Waals surface area contributed by atoms with E-state index in [0.717, 1.165) is 17.8 Å². The quantitative estimate of drug-likeness (QED) is 0.685. The lowest BCUT2D eigenvalue weighted by atomic mass is 9.99. The summed E-state index contributed by atoms with van der Waals surface area (Å²) in [5.41, 5.74) is 7.42. The molecular weight excluding hydrogens is 296 g/mol. The van der Waals surface area contributed by atoms with E-state index in [9.17, 15) is 4.79 Å². The highest BCUT2D eigenvalue weighted by Crippen LogP contribution is 2.32. The van der Waals surface area contributed by atoms with Gasteiger partial charge in [0, 0.05) is 29.4 Å². The van der Waals surface area contributed by atoms with Gasteiger partial charge in [0.15, 0.2) is 0 Å². The predicted molar refractivity (Wildman–Crippen MR) is 84.2 cm³/mol. The molecule has 4 nitrogen and oxygen atoms in total. The largest absolute Gasteiger partial charge is 0.469 e. The Morgan fingerprint density at radius 3 is 2.80 bits per heavy atom. The molecule has 0 aliphatic carbocycles. The number of anilines is 1. The van der Waals surface area contributed by atoms with Crippen molar-refractivity contribution in [3.8, 4) is 0 Å². The van der Waals surface area contributed by atoms with Crippen LogP contribution < -0.4 is 10.6 Å². The van der Waals surface area contributed by atoms with E-state index in [-0.39, 0.29) is 17.8 Å². The monoisotopic (exact) mass is 312 g/mol. The number of esters is 1. The van der Waals surface area contributed by atoms with E-state index in [2.05, 4.69) is 4.90 Å². The number of hydrogen-bond donors (Lipinski definition) is 1. The van der Waals surface area contributed by atoms with Crippen LogP contribution in [0.15, 0.2) is 18.2 Å². The van der Waals surface area contributed by atoms with E-state index >= 15 is 0 Å². The summed E-state index contributed by atoms with van der Waals surface area (Å²) in [4.78, 5) is 14.2. The first-order valence-electron chi connectivity index (χ1n) is 6.36. The smallest absolute Gasteiger partial charge is 0.310 e. The minimum atomic E-state index is -0.182. The van der Waals surface area contributed by atoms with Crippen molar-refractivity contribution in [1.29, 1.82) is 0 Å². The number of carbonyl (C=O) groups is 1. The summed E-state index contributed by atoms with van der Waals surface area (Å²) in [6.07, 6.45) is 0. The molecule has 6 heteroatoms. The van der Waals surface area contributed by atoms with Crippen LogP contribution in [0.5, 0.6) is 0 Å². The van der Waals surface area contributed by atoms with Gasteiger partial charge in [-0.3, -0.25) is 4.79 Å². The third-order valence-corrected chi connectivity index (χ3v) is 4.14. The fourth-order valence-electron chi connectivity index (χ4n) is 2.60. The second-order valence-corrected chi connectivity index (χ2v) is 5.91. The van der Waals surface area contributed by atoms with E-state index in [1.807, 2.05) is 19.1 Å². The summed E-state index contributed by atoms with van der Waals surface area (Å²) in [7, 11) is 1.41. The Morgan fingerprint density at radius 1 is 1.50 bits per heavy atom. The summed E-state index contributed by atoms with van der Waals surface area (Å²) in [5, 5.41) is 0.620. The Kier molecular flexibility index (Phi) is 4.50. The third kappa shape index (κ3) is 2.88. The molecule has 0 aromatic heterocycles. The topological polar surface area (TPSA) is 55.6 Å². The van der Waals surface area contributed by atoms with Crippen LogP contribution in [-0.2, 0) is 9.53 Å². The van der Waals surface area contributed by atoms with Crippen LogP contribution in [0.25, 0.3) is 0 Å². The van der Waals surface area contributed by atoms with Gasteiger partial charge in [0.25, 0.3) is 0 Å². The second kappa shape index (κ2) is 5.97. The number of thiocarbonyl (C=S) groups is 1. The average molecular weight is 313 g/mol. The Balaban J connectivity index is 2.31. The highest BCUT2D eigenvalue weighted by molar-refractivity contribution is 7.80. The summed E-state index contributed by atoms with van der Waals surface area (Å²) >= 11 is 11.1. The van der Waals surface area contributed by atoms with Crippen LogP contribution in [0.2, 0.25) is 5.02 Å². The zero-order chi connectivity index (χ0) is 14.9. The molecule has 1 saturated heterocycles. The SMILES string of the molecule is COC(=O)C1CN(c2cc(Cl)ccc2C(N)=S)CC1C. The van der Waals surface area contributed by atoms with E-state index in [1.54, 1.807) is 6.07 Å². The van der Waals surface area contributed by atoms with Gasteiger partial charge in [-0.25, -0.2) is 0 Å². The first-order valence-corrected chi connectivity index (χ1v) is 7.14. The number of rotatable bonds is 3. The Bertz CT molecular complexity index is 550. The lowest BCUT2D eigenvalue weighted by Gasteiger charge is -2.22. The molecule has 0 radical (unpaired) electrons. The van der Waals surface area contributed by atoms with Gasteiger partial charge < -0.3 is 15.4 Å². The summed E-state index contributed by atoms with van der Waals surface area (Å²) < 4.78 is 4.85. The molecule has 1 aliphatic rings. The van der Waals surface area contributed by atoms with Crippen molar-refractivity contribution < 1.29 is 9.53 Å². The van der Waals surface area contributed by atoms with E-state index < -0.39 is 0 Å². The number of methoxy groups -OCH3 is 1. The Morgan fingerprint density at radius 2 is 2.20 bits per heavy atom. The van der Waals surface area contributed by atoms with Crippen molar-refractivity contribution in [2.45, 2.75) is 6.92 Å². The Labute approximate surface area is 128 Å². The number of hydrogen-bond acceptors (Lipinski definition) is 4. The van der Waals surface area contributed by atoms with Gasteiger partial charge >= 0.3 is 5.97 Å². The van der Waals surface area contributed by atoms with Crippen LogP contribution in [0.3, 0.4) is 0 Å². The first kappa shape index (κ1) is 15.1. The van der Waals surface area contributed by atoms with Gasteiger partial charge in [-0.05, 0) is 24.1 Å². The van der Waals surface area contributed by atoms with Gasteiger partial charge in [0.05, 0.1) is 13.0 Å². The Hall–Kier alpha value is -1.33. The van der Waals surface area contributed by atoms with Crippen LogP contribution in [0, 0.1) is 11.8 Å². The fraction of sp³-hybridized carbons (Fsp3) is 0.429. The molecular formula is C14H17ClN2O2S. The average Bonchev–Trinajstić information content (AvgIpc) is 2.79. The molecule has 1 aromatic carbocycles. The van der Waals surface area contributed by atoms with E-state index in [1.165, 1.54) is 7.11 Å². The fourth-order valence-corrected chi connectivity index (χ4v) is 2.94. The summed E-state index contributed by atoms with van der Waals surface area (Å²) in [6, 6.07) is 5.41. The molecule has 20 heavy (non-hydrogen) atoms. The molecule has 2 unspecified atom stereocenters. The zero-order valence-corrected chi connectivity index (χ0v) is 13.0. The van der Waals surface area contributed by atoms with E-state index in [4.69, 9.17) is 34.3 Å². The number of ether oxygens (including phenoxy) is 1. The van der Waals surface area contributed by atoms with Crippen LogP contribution >= 0.6 is 23.8 Å². The van der Waals surface area contributed by atoms with Crippen molar-refractivity contribution in [2.75, 3.05) is 25.1 Å². The number of carbonyl (C=O) groups excluding carboxylic acids is 1. The minimum Gasteiger partial charge on any atom is -0.469 e. The molecule has 1 heterocycles.